The fourth-order valence-electron chi connectivity index (χ4n) is 3.39. The van der Waals surface area contributed by atoms with Crippen molar-refractivity contribution in [3.05, 3.63) is 62.4 Å². The molecular weight excluding hydrogens is 524 g/mol. The number of rotatable bonds is 10. The molecule has 12 nitrogen and oxygen atoms in total. The second-order valence-electron chi connectivity index (χ2n) is 7.95. The van der Waals surface area contributed by atoms with Crippen molar-refractivity contribution in [3.63, 3.8) is 0 Å². The lowest BCUT2D eigenvalue weighted by Gasteiger charge is -2.24. The Morgan fingerprint density at radius 1 is 1.36 bits per heavy atom. The maximum Gasteiger partial charge on any atom is 0.693 e. The molecule has 1 aliphatic rings. The minimum Gasteiger partial charge on any atom is -0.465 e. The third-order valence-corrected chi connectivity index (χ3v) is 6.71. The fraction of sp³-hybridized carbons (Fsp3) is 0.476. The van der Waals surface area contributed by atoms with Gasteiger partial charge in [-0.05, 0) is 45.0 Å². The van der Waals surface area contributed by atoms with Crippen LogP contribution in [0, 0.1) is 0 Å². The van der Waals surface area contributed by atoms with Crippen molar-refractivity contribution < 1.29 is 37.7 Å². The van der Waals surface area contributed by atoms with Gasteiger partial charge in [-0.2, -0.15) is 0 Å². The second-order valence-corrected chi connectivity index (χ2v) is 9.44. The number of esters is 1. The second kappa shape index (κ2) is 11.6. The molecule has 2 heterocycles. The summed E-state index contributed by atoms with van der Waals surface area (Å²) in [6.07, 6.45) is -3.73. The number of nitrogens with one attached hydrogen (secondary N) is 1. The van der Waals surface area contributed by atoms with Gasteiger partial charge < -0.3 is 14.6 Å². The van der Waals surface area contributed by atoms with E-state index < -0.39 is 62.2 Å². The molecule has 0 amide bonds. The van der Waals surface area contributed by atoms with Crippen molar-refractivity contribution in [1.29, 1.82) is 0 Å². The van der Waals surface area contributed by atoms with E-state index in [1.807, 2.05) is 4.98 Å². The number of aromatic amines is 1. The van der Waals surface area contributed by atoms with E-state index in [0.717, 1.165) is 23.8 Å². The highest BCUT2D eigenvalue weighted by atomic mass is 35.5. The molecule has 196 valence electrons. The van der Waals surface area contributed by atoms with Crippen LogP contribution in [-0.2, 0) is 23.7 Å². The first-order valence-corrected chi connectivity index (χ1v) is 12.3. The van der Waals surface area contributed by atoms with Crippen LogP contribution in [0.15, 0.2) is 46.1 Å². The number of carbonyl (C=O) groups excluding carboxylic acids is 1. The summed E-state index contributed by atoms with van der Waals surface area (Å²) in [5.74, 6) is -0.613. The zero-order valence-corrected chi connectivity index (χ0v) is 21.1. The van der Waals surface area contributed by atoms with Gasteiger partial charge in [0.15, 0.2) is 23.7 Å². The number of hydrogen-bond donors (Lipinski definition) is 2. The molecule has 0 radical (unpaired) electrons. The molecule has 0 aliphatic carbocycles. The number of aromatic nitrogens is 2. The van der Waals surface area contributed by atoms with Gasteiger partial charge in [-0.15, -0.1) is 0 Å². The molecule has 2 aromatic rings. The zero-order chi connectivity index (χ0) is 26.6. The van der Waals surface area contributed by atoms with Gasteiger partial charge in [-0.25, -0.2) is 13.7 Å². The van der Waals surface area contributed by atoms with Crippen LogP contribution in [0.4, 0.5) is 4.39 Å². The number of nitrogens with zero attached hydrogens (tertiary/aromatic N) is 2. The molecule has 2 unspecified atom stereocenters. The van der Waals surface area contributed by atoms with Crippen LogP contribution in [0.25, 0.3) is 0 Å². The Labute approximate surface area is 210 Å². The van der Waals surface area contributed by atoms with Crippen molar-refractivity contribution in [2.24, 2.45) is 0 Å². The van der Waals surface area contributed by atoms with E-state index in [1.165, 1.54) is 31.2 Å². The SMILES string of the molecule is CCOC(=O)C(C)N(OC[C@H]1O[C@@H](n2ccc(=O)[nH]c2=O)[C@](C)(F)[C@@H]1O)[P+](=O)Oc1ccc(Cl)cc1. The van der Waals surface area contributed by atoms with Crippen molar-refractivity contribution >= 4 is 25.7 Å². The molecule has 2 N–H and O–H groups in total. The summed E-state index contributed by atoms with van der Waals surface area (Å²) in [5.41, 5.74) is -4.11. The van der Waals surface area contributed by atoms with Crippen LogP contribution in [0.2, 0.25) is 5.02 Å². The van der Waals surface area contributed by atoms with Crippen LogP contribution < -0.4 is 15.8 Å². The van der Waals surface area contributed by atoms with Crippen molar-refractivity contribution in [2.75, 3.05) is 13.2 Å². The summed E-state index contributed by atoms with van der Waals surface area (Å²) in [6.45, 7) is 3.42. The van der Waals surface area contributed by atoms with Gasteiger partial charge in [0.2, 0.25) is 0 Å². The number of alkyl halides is 1. The zero-order valence-electron chi connectivity index (χ0n) is 19.5. The minimum absolute atomic E-state index is 0.0477. The highest BCUT2D eigenvalue weighted by Gasteiger charge is 2.56. The van der Waals surface area contributed by atoms with E-state index in [2.05, 4.69) is 0 Å². The highest BCUT2D eigenvalue weighted by molar-refractivity contribution is 7.36. The number of hydroxylamine groups is 1. The minimum atomic E-state index is -2.84. The molecule has 3 rings (SSSR count). The highest BCUT2D eigenvalue weighted by Crippen LogP contribution is 2.41. The van der Waals surface area contributed by atoms with E-state index in [9.17, 15) is 24.1 Å². The Bertz CT molecular complexity index is 1210. The van der Waals surface area contributed by atoms with Crippen molar-refractivity contribution in [3.8, 4) is 5.75 Å². The summed E-state index contributed by atoms with van der Waals surface area (Å²) >= 11 is 5.84. The number of carbonyl (C=O) groups is 1. The van der Waals surface area contributed by atoms with Crippen molar-refractivity contribution in [2.45, 2.75) is 50.9 Å². The number of benzene rings is 1. The number of hydrogen-bond acceptors (Lipinski definition) is 9. The predicted octanol–water partition coefficient (Wildman–Crippen LogP) is 2.10. The first-order valence-electron chi connectivity index (χ1n) is 10.8. The summed E-state index contributed by atoms with van der Waals surface area (Å²) in [4.78, 5) is 44.0. The fourth-order valence-corrected chi connectivity index (χ4v) is 4.44. The maximum absolute atomic E-state index is 15.4. The van der Waals surface area contributed by atoms with E-state index in [0.29, 0.717) is 9.86 Å². The van der Waals surface area contributed by atoms with Gasteiger partial charge in [-0.1, -0.05) is 11.6 Å². The molecular formula is C21H25ClFN3O9P+. The van der Waals surface area contributed by atoms with Crippen LogP contribution in [-0.4, -0.2) is 62.6 Å². The smallest absolute Gasteiger partial charge is 0.465 e. The lowest BCUT2D eigenvalue weighted by Crippen LogP contribution is -2.44. The molecule has 6 atom stereocenters. The number of aliphatic hydroxyl groups excluding tert-OH is 1. The first-order chi connectivity index (χ1) is 16.9. The third kappa shape index (κ3) is 6.17. The number of halogens is 2. The van der Waals surface area contributed by atoms with Gasteiger partial charge in [0.25, 0.3) is 5.56 Å². The van der Waals surface area contributed by atoms with Crippen LogP contribution >= 0.6 is 19.8 Å². The van der Waals surface area contributed by atoms with Crippen molar-refractivity contribution in [1.82, 2.24) is 14.4 Å². The van der Waals surface area contributed by atoms with Gasteiger partial charge >= 0.3 is 19.8 Å². The molecule has 1 fully saturated rings. The molecule has 1 aliphatic heterocycles. The molecule has 1 saturated heterocycles. The average Bonchev–Trinajstić information content (AvgIpc) is 3.04. The van der Waals surface area contributed by atoms with E-state index >= 15 is 4.39 Å². The van der Waals surface area contributed by atoms with Gasteiger partial charge in [0, 0.05) is 21.9 Å². The lowest BCUT2D eigenvalue weighted by atomic mass is 9.98. The quantitative estimate of drug-likeness (QED) is 0.257. The summed E-state index contributed by atoms with van der Waals surface area (Å²) in [7, 11) is -2.84. The number of aliphatic hydroxyl groups is 1. The van der Waals surface area contributed by atoms with Gasteiger partial charge in [0.05, 0.1) is 11.4 Å². The average molecular weight is 549 g/mol. The summed E-state index contributed by atoms with van der Waals surface area (Å²) in [5, 5.41) is 11.0. The Hall–Kier alpha value is -2.67. The molecule has 0 spiro atoms. The third-order valence-electron chi connectivity index (χ3n) is 5.31. The molecule has 0 bridgehead atoms. The lowest BCUT2D eigenvalue weighted by molar-refractivity contribution is -0.180. The molecule has 36 heavy (non-hydrogen) atoms. The largest absolute Gasteiger partial charge is 0.693 e. The van der Waals surface area contributed by atoms with Crippen LogP contribution in [0.1, 0.15) is 27.0 Å². The standard InChI is InChI=1S/C21H24ClFN3O9P/c1-4-32-18(29)12(2)26(36(31)35-14-7-5-13(22)6-8-14)33-11-15-17(28)21(3,23)19(34-15)25-10-9-16(27)24-20(25)30/h5-10,12,15,17,19,28H,4,11H2,1-3H3/p+1/t12?,15-,17-,19-,21-/m1/s1. The Morgan fingerprint density at radius 3 is 2.64 bits per heavy atom. The van der Waals surface area contributed by atoms with Gasteiger partial charge in [-0.3, -0.25) is 24.0 Å². The summed E-state index contributed by atoms with van der Waals surface area (Å²) < 4.78 is 45.0. The number of ether oxygens (including phenoxy) is 2. The van der Waals surface area contributed by atoms with E-state index in [4.69, 9.17) is 30.4 Å². The van der Waals surface area contributed by atoms with Crippen LogP contribution in [0.3, 0.4) is 0 Å². The molecule has 0 saturated carbocycles. The maximum atomic E-state index is 15.4. The van der Waals surface area contributed by atoms with E-state index in [-0.39, 0.29) is 12.4 Å². The summed E-state index contributed by atoms with van der Waals surface area (Å²) in [6, 6.07) is 5.68. The van der Waals surface area contributed by atoms with Gasteiger partial charge in [0.1, 0.15) is 18.8 Å². The van der Waals surface area contributed by atoms with Crippen LogP contribution in [0.5, 0.6) is 5.75 Å². The molecule has 1 aromatic heterocycles. The Balaban J connectivity index is 1.79. The molecule has 15 heteroatoms. The Morgan fingerprint density at radius 2 is 2.03 bits per heavy atom. The van der Waals surface area contributed by atoms with E-state index in [1.54, 1.807) is 6.92 Å². The Kier molecular flexibility index (Phi) is 8.98. The molecule has 1 aromatic carbocycles. The number of H-pyrrole nitrogens is 1. The first kappa shape index (κ1) is 27.9. The topological polar surface area (TPSA) is 149 Å². The monoisotopic (exact) mass is 548 g/mol. The normalized spacial score (nSPS) is 25.0. The predicted molar refractivity (Wildman–Crippen MR) is 124 cm³/mol.